The van der Waals surface area contributed by atoms with Crippen LogP contribution in [-0.2, 0) is 16.0 Å². The van der Waals surface area contributed by atoms with E-state index in [9.17, 15) is 18.4 Å². The molecule has 2 rings (SSSR count). The Kier molecular flexibility index (Phi) is 5.83. The first-order valence-corrected chi connectivity index (χ1v) is 7.20. The van der Waals surface area contributed by atoms with Crippen LogP contribution in [0.5, 0.6) is 5.75 Å². The summed E-state index contributed by atoms with van der Waals surface area (Å²) < 4.78 is 31.7. The highest BCUT2D eigenvalue weighted by Crippen LogP contribution is 2.16. The van der Waals surface area contributed by atoms with E-state index < -0.39 is 29.6 Å². The molecule has 2 aromatic rings. The summed E-state index contributed by atoms with van der Waals surface area (Å²) in [4.78, 5) is 23.6. The van der Waals surface area contributed by atoms with Crippen molar-refractivity contribution < 1.29 is 23.1 Å². The van der Waals surface area contributed by atoms with Crippen LogP contribution >= 0.6 is 0 Å². The van der Waals surface area contributed by atoms with Gasteiger partial charge >= 0.3 is 0 Å². The maximum atomic E-state index is 13.4. The predicted molar refractivity (Wildman–Crippen MR) is 82.9 cm³/mol. The van der Waals surface area contributed by atoms with Crippen LogP contribution < -0.4 is 15.6 Å². The molecule has 7 heteroatoms. The third-order valence-electron chi connectivity index (χ3n) is 3.09. The lowest BCUT2D eigenvalue weighted by Crippen LogP contribution is -2.47. The minimum atomic E-state index is -1.02. The van der Waals surface area contributed by atoms with Crippen molar-refractivity contribution in [2.24, 2.45) is 0 Å². The average molecular weight is 334 g/mol. The molecule has 0 fully saturated rings. The molecule has 5 nitrogen and oxygen atoms in total. The Bertz CT molecular complexity index is 737. The van der Waals surface area contributed by atoms with Gasteiger partial charge in [0.15, 0.2) is 17.7 Å². The lowest BCUT2D eigenvalue weighted by molar-refractivity contribution is -0.132. The number of nitrogens with one attached hydrogen (secondary N) is 2. The molecule has 0 bridgehead atoms. The summed E-state index contributed by atoms with van der Waals surface area (Å²) in [6, 6.07) is 11.2. The van der Waals surface area contributed by atoms with Gasteiger partial charge in [-0.05, 0) is 36.8 Å². The summed E-state index contributed by atoms with van der Waals surface area (Å²) >= 11 is 0. The molecule has 0 spiro atoms. The fourth-order valence-electron chi connectivity index (χ4n) is 1.89. The van der Waals surface area contributed by atoms with E-state index in [0.29, 0.717) is 5.56 Å². The number of carbonyl (C=O) groups is 2. The molecule has 1 atom stereocenters. The van der Waals surface area contributed by atoms with Gasteiger partial charge in [-0.2, -0.15) is 0 Å². The molecule has 126 valence electrons. The highest BCUT2D eigenvalue weighted by Gasteiger charge is 2.17. The first-order valence-electron chi connectivity index (χ1n) is 7.20. The standard InChI is InChI=1S/C17H16F2N2O3/c1-11(24-15-8-3-2-7-14(15)19)17(23)21-20-16(22)10-12-5-4-6-13(18)9-12/h2-9,11H,10H2,1H3,(H,20,22)(H,21,23)/t11-/m0/s1. The number of hydrogen-bond acceptors (Lipinski definition) is 3. The Labute approximate surface area is 137 Å². The third-order valence-corrected chi connectivity index (χ3v) is 3.09. The summed E-state index contributed by atoms with van der Waals surface area (Å²) in [5.74, 6) is -2.27. The van der Waals surface area contributed by atoms with E-state index in [4.69, 9.17) is 4.74 Å². The summed E-state index contributed by atoms with van der Waals surface area (Å²) in [5.41, 5.74) is 4.84. The SMILES string of the molecule is C[C@H](Oc1ccccc1F)C(=O)NNC(=O)Cc1cccc(F)c1. The summed E-state index contributed by atoms with van der Waals surface area (Å²) in [6.45, 7) is 1.42. The number of rotatable bonds is 5. The minimum Gasteiger partial charge on any atom is -0.478 e. The predicted octanol–water partition coefficient (Wildman–Crippen LogP) is 2.12. The van der Waals surface area contributed by atoms with Gasteiger partial charge in [0.1, 0.15) is 5.82 Å². The van der Waals surface area contributed by atoms with E-state index in [2.05, 4.69) is 10.9 Å². The maximum absolute atomic E-state index is 13.4. The Morgan fingerprint density at radius 2 is 1.83 bits per heavy atom. The third kappa shape index (κ3) is 5.05. The van der Waals surface area contributed by atoms with E-state index in [1.807, 2.05) is 0 Å². The van der Waals surface area contributed by atoms with Crippen molar-refractivity contribution >= 4 is 11.8 Å². The van der Waals surface area contributed by atoms with Gasteiger partial charge in [0, 0.05) is 0 Å². The number of carbonyl (C=O) groups excluding carboxylic acids is 2. The number of para-hydroxylation sites is 1. The van der Waals surface area contributed by atoms with Gasteiger partial charge in [0.25, 0.3) is 5.91 Å². The zero-order valence-electron chi connectivity index (χ0n) is 12.9. The van der Waals surface area contributed by atoms with Gasteiger partial charge < -0.3 is 4.74 Å². The molecule has 2 N–H and O–H groups in total. The lowest BCUT2D eigenvalue weighted by atomic mass is 10.1. The number of hydrazine groups is 1. The molecular formula is C17H16F2N2O3. The zero-order chi connectivity index (χ0) is 17.5. The highest BCUT2D eigenvalue weighted by molar-refractivity contribution is 5.85. The van der Waals surface area contributed by atoms with Gasteiger partial charge in [-0.25, -0.2) is 8.78 Å². The van der Waals surface area contributed by atoms with Gasteiger partial charge in [0.05, 0.1) is 6.42 Å². The number of hydrogen-bond donors (Lipinski definition) is 2. The molecule has 0 unspecified atom stereocenters. The largest absolute Gasteiger partial charge is 0.478 e. The Morgan fingerprint density at radius 3 is 2.54 bits per heavy atom. The normalized spacial score (nSPS) is 11.5. The van der Waals surface area contributed by atoms with Crippen LogP contribution in [0.15, 0.2) is 48.5 Å². The van der Waals surface area contributed by atoms with Crippen LogP contribution in [0.1, 0.15) is 12.5 Å². The fraction of sp³-hybridized carbons (Fsp3) is 0.176. The van der Waals surface area contributed by atoms with E-state index in [1.54, 1.807) is 12.1 Å². The van der Waals surface area contributed by atoms with Crippen molar-refractivity contribution in [1.29, 1.82) is 0 Å². The second-order valence-corrected chi connectivity index (χ2v) is 5.03. The molecule has 24 heavy (non-hydrogen) atoms. The zero-order valence-corrected chi connectivity index (χ0v) is 12.9. The fourth-order valence-corrected chi connectivity index (χ4v) is 1.89. The van der Waals surface area contributed by atoms with Crippen LogP contribution in [0.4, 0.5) is 8.78 Å². The van der Waals surface area contributed by atoms with Crippen LogP contribution in [0.2, 0.25) is 0 Å². The molecule has 0 aliphatic carbocycles. The molecule has 0 saturated carbocycles. The molecule has 0 aromatic heterocycles. The van der Waals surface area contributed by atoms with Gasteiger partial charge in [0.2, 0.25) is 5.91 Å². The number of amides is 2. The minimum absolute atomic E-state index is 0.0637. The van der Waals surface area contributed by atoms with Crippen LogP contribution in [-0.4, -0.2) is 17.9 Å². The Morgan fingerprint density at radius 1 is 1.08 bits per heavy atom. The van der Waals surface area contributed by atoms with E-state index in [0.717, 1.165) is 0 Å². The van der Waals surface area contributed by atoms with Crippen molar-refractivity contribution in [2.45, 2.75) is 19.4 Å². The van der Waals surface area contributed by atoms with Crippen molar-refractivity contribution in [3.05, 3.63) is 65.7 Å². The topological polar surface area (TPSA) is 67.4 Å². The van der Waals surface area contributed by atoms with E-state index in [-0.39, 0.29) is 12.2 Å². The van der Waals surface area contributed by atoms with Crippen LogP contribution in [0.3, 0.4) is 0 Å². The molecular weight excluding hydrogens is 318 g/mol. The molecule has 0 aliphatic rings. The molecule has 0 aliphatic heterocycles. The smallest absolute Gasteiger partial charge is 0.279 e. The first kappa shape index (κ1) is 17.4. The van der Waals surface area contributed by atoms with Crippen molar-refractivity contribution in [1.82, 2.24) is 10.9 Å². The van der Waals surface area contributed by atoms with Gasteiger partial charge in [-0.3, -0.25) is 20.4 Å². The second-order valence-electron chi connectivity index (χ2n) is 5.03. The molecule has 2 aromatic carbocycles. The summed E-state index contributed by atoms with van der Waals surface area (Å²) in [7, 11) is 0. The summed E-state index contributed by atoms with van der Waals surface area (Å²) in [6.07, 6.45) is -1.11. The summed E-state index contributed by atoms with van der Waals surface area (Å²) in [5, 5.41) is 0. The van der Waals surface area contributed by atoms with E-state index >= 15 is 0 Å². The monoisotopic (exact) mass is 334 g/mol. The van der Waals surface area contributed by atoms with Crippen molar-refractivity contribution in [2.75, 3.05) is 0 Å². The van der Waals surface area contributed by atoms with Crippen molar-refractivity contribution in [3.8, 4) is 5.75 Å². The Hall–Kier alpha value is -2.96. The van der Waals surface area contributed by atoms with Gasteiger partial charge in [-0.15, -0.1) is 0 Å². The average Bonchev–Trinajstić information content (AvgIpc) is 2.54. The van der Waals surface area contributed by atoms with Crippen molar-refractivity contribution in [3.63, 3.8) is 0 Å². The highest BCUT2D eigenvalue weighted by atomic mass is 19.1. The first-order chi connectivity index (χ1) is 11.5. The van der Waals surface area contributed by atoms with Gasteiger partial charge in [-0.1, -0.05) is 24.3 Å². The molecule has 0 heterocycles. The number of benzene rings is 2. The second kappa shape index (κ2) is 8.05. The molecule has 0 radical (unpaired) electrons. The number of ether oxygens (including phenoxy) is 1. The van der Waals surface area contributed by atoms with E-state index in [1.165, 1.54) is 43.3 Å². The Balaban J connectivity index is 1.81. The van der Waals surface area contributed by atoms with Crippen LogP contribution in [0.25, 0.3) is 0 Å². The quantitative estimate of drug-likeness (QED) is 0.823. The molecule has 0 saturated heterocycles. The maximum Gasteiger partial charge on any atom is 0.279 e. The lowest BCUT2D eigenvalue weighted by Gasteiger charge is -2.15. The molecule has 2 amide bonds. The number of halogens is 2. The van der Waals surface area contributed by atoms with Crippen LogP contribution in [0, 0.1) is 11.6 Å².